The number of hydrogen-bond donors (Lipinski definition) is 1. The Labute approximate surface area is 123 Å². The van der Waals surface area contributed by atoms with Crippen LogP contribution in [-0.2, 0) is 4.79 Å². The highest BCUT2D eigenvalue weighted by Crippen LogP contribution is 2.49. The Morgan fingerprint density at radius 1 is 1.30 bits per heavy atom. The minimum Gasteiger partial charge on any atom is -0.310 e. The van der Waals surface area contributed by atoms with Crippen LogP contribution in [0.4, 0.5) is 5.82 Å². The fourth-order valence-electron chi connectivity index (χ4n) is 2.43. The predicted molar refractivity (Wildman–Crippen MR) is 79.9 cm³/mol. The van der Waals surface area contributed by atoms with E-state index in [2.05, 4.69) is 10.3 Å². The van der Waals surface area contributed by atoms with Crippen molar-refractivity contribution in [1.29, 1.82) is 0 Å². The van der Waals surface area contributed by atoms with Gasteiger partial charge in [-0.3, -0.25) is 4.79 Å². The van der Waals surface area contributed by atoms with E-state index in [1.165, 1.54) is 0 Å². The molecule has 20 heavy (non-hydrogen) atoms. The largest absolute Gasteiger partial charge is 0.310 e. The highest BCUT2D eigenvalue weighted by atomic mass is 35.5. The van der Waals surface area contributed by atoms with Gasteiger partial charge in [0.05, 0.1) is 0 Å². The average molecular weight is 287 g/mol. The number of benzene rings is 1. The number of nitrogens with one attached hydrogen (secondary N) is 1. The monoisotopic (exact) mass is 286 g/mol. The van der Waals surface area contributed by atoms with Crippen molar-refractivity contribution in [3.8, 4) is 0 Å². The molecule has 3 nitrogen and oxygen atoms in total. The molecular weight excluding hydrogens is 272 g/mol. The molecule has 2 atom stereocenters. The predicted octanol–water partition coefficient (Wildman–Crippen LogP) is 3.79. The van der Waals surface area contributed by atoms with Gasteiger partial charge in [-0.1, -0.05) is 35.9 Å². The van der Waals surface area contributed by atoms with E-state index >= 15 is 0 Å². The van der Waals surface area contributed by atoms with E-state index in [-0.39, 0.29) is 17.7 Å². The molecule has 1 aliphatic rings. The van der Waals surface area contributed by atoms with Crippen molar-refractivity contribution >= 4 is 23.3 Å². The van der Waals surface area contributed by atoms with Crippen molar-refractivity contribution < 1.29 is 4.79 Å². The number of anilines is 1. The number of aromatic nitrogens is 1. The van der Waals surface area contributed by atoms with Gasteiger partial charge in [-0.2, -0.15) is 0 Å². The molecule has 1 aromatic carbocycles. The van der Waals surface area contributed by atoms with Crippen LogP contribution in [0.3, 0.4) is 0 Å². The molecule has 1 amide bonds. The molecule has 1 heterocycles. The van der Waals surface area contributed by atoms with Crippen molar-refractivity contribution in [2.75, 3.05) is 5.32 Å². The zero-order valence-corrected chi connectivity index (χ0v) is 11.9. The van der Waals surface area contributed by atoms with Gasteiger partial charge in [0.2, 0.25) is 5.91 Å². The molecule has 3 rings (SSSR count). The first-order chi connectivity index (χ1) is 9.66. The van der Waals surface area contributed by atoms with Crippen LogP contribution in [0.25, 0.3) is 0 Å². The molecule has 0 unspecified atom stereocenters. The lowest BCUT2D eigenvalue weighted by Crippen LogP contribution is -2.16. The minimum absolute atomic E-state index is 0.00342. The quantitative estimate of drug-likeness (QED) is 0.933. The maximum absolute atomic E-state index is 12.2. The Hall–Kier alpha value is -1.87. The lowest BCUT2D eigenvalue weighted by Gasteiger charge is -2.07. The van der Waals surface area contributed by atoms with Crippen LogP contribution in [0.1, 0.15) is 23.5 Å². The third kappa shape index (κ3) is 2.54. The molecule has 0 radical (unpaired) electrons. The van der Waals surface area contributed by atoms with Crippen LogP contribution in [0.2, 0.25) is 5.02 Å². The molecular formula is C16H15ClN2O. The van der Waals surface area contributed by atoms with Crippen LogP contribution < -0.4 is 5.32 Å². The maximum atomic E-state index is 12.2. The Morgan fingerprint density at radius 3 is 2.85 bits per heavy atom. The van der Waals surface area contributed by atoms with Crippen molar-refractivity contribution in [3.05, 3.63) is 58.7 Å². The number of amides is 1. The highest BCUT2D eigenvalue weighted by molar-refractivity contribution is 6.31. The maximum Gasteiger partial charge on any atom is 0.229 e. The first-order valence-electron chi connectivity index (χ1n) is 6.63. The topological polar surface area (TPSA) is 42.0 Å². The summed E-state index contributed by atoms with van der Waals surface area (Å²) in [5.74, 6) is 0.892. The van der Waals surface area contributed by atoms with Crippen LogP contribution >= 0.6 is 11.6 Å². The second-order valence-electron chi connectivity index (χ2n) is 5.13. The van der Waals surface area contributed by atoms with Gasteiger partial charge in [0.25, 0.3) is 0 Å². The normalized spacial score (nSPS) is 20.5. The second-order valence-corrected chi connectivity index (χ2v) is 5.54. The van der Waals surface area contributed by atoms with Crippen molar-refractivity contribution in [2.24, 2.45) is 5.92 Å². The van der Waals surface area contributed by atoms with Crippen LogP contribution in [0.5, 0.6) is 0 Å². The molecule has 1 N–H and O–H groups in total. The van der Waals surface area contributed by atoms with Crippen LogP contribution in [0.15, 0.2) is 42.6 Å². The van der Waals surface area contributed by atoms with Gasteiger partial charge in [-0.05, 0) is 42.5 Å². The second kappa shape index (κ2) is 5.25. The number of pyridine rings is 1. The summed E-state index contributed by atoms with van der Waals surface area (Å²) in [4.78, 5) is 16.4. The van der Waals surface area contributed by atoms with E-state index in [4.69, 9.17) is 11.6 Å². The van der Waals surface area contributed by atoms with E-state index < -0.39 is 0 Å². The van der Waals surface area contributed by atoms with Gasteiger partial charge in [-0.15, -0.1) is 0 Å². The molecule has 0 bridgehead atoms. The number of carbonyl (C=O) groups excluding carboxylic acids is 1. The highest BCUT2D eigenvalue weighted by Gasteiger charge is 2.44. The van der Waals surface area contributed by atoms with Gasteiger partial charge in [0, 0.05) is 17.1 Å². The molecule has 1 fully saturated rings. The Balaban J connectivity index is 1.69. The molecule has 4 heteroatoms. The first kappa shape index (κ1) is 13.1. The van der Waals surface area contributed by atoms with Gasteiger partial charge in [0.1, 0.15) is 5.82 Å². The van der Waals surface area contributed by atoms with Gasteiger partial charge in [-0.25, -0.2) is 4.98 Å². The summed E-state index contributed by atoms with van der Waals surface area (Å²) in [6.07, 6.45) is 2.53. The molecule has 2 aromatic rings. The molecule has 1 aromatic heterocycles. The molecule has 1 aliphatic carbocycles. The zero-order chi connectivity index (χ0) is 14.1. The smallest absolute Gasteiger partial charge is 0.229 e. The number of aryl methyl sites for hydroxylation is 1. The van der Waals surface area contributed by atoms with E-state index in [0.717, 1.165) is 22.6 Å². The van der Waals surface area contributed by atoms with Crippen molar-refractivity contribution in [3.63, 3.8) is 0 Å². The summed E-state index contributed by atoms with van der Waals surface area (Å²) in [6, 6.07) is 11.5. The van der Waals surface area contributed by atoms with Crippen molar-refractivity contribution in [2.45, 2.75) is 19.3 Å². The number of rotatable bonds is 3. The summed E-state index contributed by atoms with van der Waals surface area (Å²) in [7, 11) is 0. The Kier molecular flexibility index (Phi) is 3.45. The number of carbonyl (C=O) groups is 1. The summed E-state index contributed by atoms with van der Waals surface area (Å²) in [5.41, 5.74) is 2.03. The zero-order valence-electron chi connectivity index (χ0n) is 11.1. The van der Waals surface area contributed by atoms with E-state index in [9.17, 15) is 4.79 Å². The Morgan fingerprint density at radius 2 is 2.10 bits per heavy atom. The van der Waals surface area contributed by atoms with E-state index in [0.29, 0.717) is 5.82 Å². The summed E-state index contributed by atoms with van der Waals surface area (Å²) in [6.45, 7) is 1.93. The third-order valence-corrected chi connectivity index (χ3v) is 4.03. The van der Waals surface area contributed by atoms with Crippen LogP contribution in [-0.4, -0.2) is 10.9 Å². The summed E-state index contributed by atoms with van der Waals surface area (Å²) < 4.78 is 0. The fourth-order valence-corrected chi connectivity index (χ4v) is 2.71. The molecule has 1 saturated carbocycles. The van der Waals surface area contributed by atoms with E-state index in [1.54, 1.807) is 6.20 Å². The van der Waals surface area contributed by atoms with Gasteiger partial charge >= 0.3 is 0 Å². The third-order valence-electron chi connectivity index (χ3n) is 3.68. The van der Waals surface area contributed by atoms with Crippen molar-refractivity contribution in [1.82, 2.24) is 4.98 Å². The SMILES string of the molecule is Cc1cccnc1NC(=O)[C@@H]1C[C@@H]1c1ccccc1Cl. The summed E-state index contributed by atoms with van der Waals surface area (Å²) in [5, 5.41) is 3.64. The van der Waals surface area contributed by atoms with Crippen LogP contribution in [0, 0.1) is 12.8 Å². The number of nitrogens with zero attached hydrogens (tertiary/aromatic N) is 1. The summed E-state index contributed by atoms with van der Waals surface area (Å²) >= 11 is 6.17. The minimum atomic E-state index is -0.00342. The van der Waals surface area contributed by atoms with Gasteiger partial charge in [0.15, 0.2) is 0 Å². The standard InChI is InChI=1S/C16H15ClN2O/c1-10-5-4-8-18-15(10)19-16(20)13-9-12(13)11-6-2-3-7-14(11)17/h2-8,12-13H,9H2,1H3,(H,18,19,20)/t12-,13-/m1/s1. The first-order valence-corrected chi connectivity index (χ1v) is 7.01. The number of halogens is 1. The fraction of sp³-hybridized carbons (Fsp3) is 0.250. The lowest BCUT2D eigenvalue weighted by molar-refractivity contribution is -0.117. The lowest BCUT2D eigenvalue weighted by atomic mass is 10.1. The van der Waals surface area contributed by atoms with Gasteiger partial charge < -0.3 is 5.32 Å². The number of hydrogen-bond acceptors (Lipinski definition) is 2. The molecule has 0 spiro atoms. The average Bonchev–Trinajstić information content (AvgIpc) is 3.22. The molecule has 102 valence electrons. The molecule has 0 aliphatic heterocycles. The van der Waals surface area contributed by atoms with E-state index in [1.807, 2.05) is 43.3 Å². The Bertz CT molecular complexity index is 656. The molecule has 0 saturated heterocycles.